The Morgan fingerprint density at radius 3 is 2.65 bits per heavy atom. The van der Waals surface area contributed by atoms with Crippen LogP contribution in [-0.4, -0.2) is 39.4 Å². The predicted octanol–water partition coefficient (Wildman–Crippen LogP) is 5.05. The molecule has 34 heavy (non-hydrogen) atoms. The van der Waals surface area contributed by atoms with Crippen molar-refractivity contribution in [2.24, 2.45) is 5.73 Å². The number of aryl methyl sites for hydroxylation is 1. The molecule has 3 aromatic rings. The number of fused-ring (bicyclic) bond motifs is 1. The van der Waals surface area contributed by atoms with E-state index in [0.717, 1.165) is 36.8 Å². The molecule has 1 aliphatic rings. The highest BCUT2D eigenvalue weighted by Gasteiger charge is 2.24. The molecule has 2 amide bonds. The van der Waals surface area contributed by atoms with Crippen LogP contribution in [0.25, 0.3) is 16.7 Å². The monoisotopic (exact) mass is 479 g/mol. The normalized spacial score (nSPS) is 14.2. The maximum absolute atomic E-state index is 13.2. The van der Waals surface area contributed by atoms with E-state index in [2.05, 4.69) is 11.9 Å². The molecule has 2 aromatic carbocycles. The number of imidazole rings is 1. The zero-order chi connectivity index (χ0) is 24.2. The average molecular weight is 480 g/mol. The Bertz CT molecular complexity index is 1230. The van der Waals surface area contributed by atoms with Crippen LogP contribution in [0.4, 0.5) is 5.95 Å². The Morgan fingerprint density at radius 2 is 1.94 bits per heavy atom. The van der Waals surface area contributed by atoms with Crippen LogP contribution < -0.4 is 11.1 Å². The van der Waals surface area contributed by atoms with Crippen molar-refractivity contribution in [2.75, 3.05) is 12.4 Å². The van der Waals surface area contributed by atoms with E-state index in [1.807, 2.05) is 52.9 Å². The van der Waals surface area contributed by atoms with E-state index in [1.165, 1.54) is 6.42 Å². The molecule has 1 heterocycles. The van der Waals surface area contributed by atoms with E-state index in [0.29, 0.717) is 34.3 Å². The molecule has 178 valence electrons. The highest BCUT2D eigenvalue weighted by atomic mass is 35.5. The molecule has 8 heteroatoms. The second-order valence-electron chi connectivity index (χ2n) is 8.83. The molecular formula is C26H30ClN5O2. The summed E-state index contributed by atoms with van der Waals surface area (Å²) in [5.74, 6) is 0.118. The van der Waals surface area contributed by atoms with Crippen LogP contribution in [0.5, 0.6) is 0 Å². The van der Waals surface area contributed by atoms with Crippen molar-refractivity contribution in [1.29, 1.82) is 0 Å². The Morgan fingerprint density at radius 1 is 1.18 bits per heavy atom. The van der Waals surface area contributed by atoms with Gasteiger partial charge in [-0.2, -0.15) is 0 Å². The molecule has 1 fully saturated rings. The molecule has 0 radical (unpaired) electrons. The number of carbonyl (C=O) groups is 2. The molecule has 0 aliphatic heterocycles. The molecule has 0 bridgehead atoms. The summed E-state index contributed by atoms with van der Waals surface area (Å²) in [6.07, 6.45) is 5.82. The van der Waals surface area contributed by atoms with Crippen LogP contribution in [0.15, 0.2) is 49.0 Å². The third kappa shape index (κ3) is 5.25. The standard InChI is InChI=1S/C26H30ClN5O2/c1-17(18-7-6-8-20(27)15-18)29-26-30-22-16-19(11-12-23(22)32(26)14-13-24(28)33)25(34)31(2)21-9-4-3-5-10-21/h6-8,11-12,15-16,21H,1,3-5,9-10,13-14H2,2H3,(H2,28,33)(H,29,30). The number of nitrogens with one attached hydrogen (secondary N) is 1. The van der Waals surface area contributed by atoms with Crippen molar-refractivity contribution in [2.45, 2.75) is 51.1 Å². The van der Waals surface area contributed by atoms with E-state index < -0.39 is 5.91 Å². The van der Waals surface area contributed by atoms with E-state index in [1.54, 1.807) is 6.07 Å². The highest BCUT2D eigenvalue weighted by Crippen LogP contribution is 2.27. The molecule has 3 N–H and O–H groups in total. The van der Waals surface area contributed by atoms with Crippen molar-refractivity contribution >= 4 is 46.1 Å². The lowest BCUT2D eigenvalue weighted by atomic mass is 9.94. The molecule has 0 spiro atoms. The number of hydrogen-bond donors (Lipinski definition) is 2. The summed E-state index contributed by atoms with van der Waals surface area (Å²) in [6, 6.07) is 13.1. The fourth-order valence-electron chi connectivity index (χ4n) is 4.53. The summed E-state index contributed by atoms with van der Waals surface area (Å²) in [6.45, 7) is 4.47. The van der Waals surface area contributed by atoms with Gasteiger partial charge < -0.3 is 20.5 Å². The second kappa shape index (κ2) is 10.3. The van der Waals surface area contributed by atoms with Gasteiger partial charge >= 0.3 is 0 Å². The molecule has 1 aromatic heterocycles. The van der Waals surface area contributed by atoms with Gasteiger partial charge in [-0.3, -0.25) is 9.59 Å². The molecule has 0 unspecified atom stereocenters. The van der Waals surface area contributed by atoms with Gasteiger partial charge in [-0.1, -0.05) is 49.6 Å². The van der Waals surface area contributed by atoms with Gasteiger partial charge in [0, 0.05) is 42.3 Å². The first kappa shape index (κ1) is 23.8. The first-order valence-electron chi connectivity index (χ1n) is 11.6. The number of anilines is 1. The third-order valence-electron chi connectivity index (χ3n) is 6.46. The molecule has 1 saturated carbocycles. The third-order valence-corrected chi connectivity index (χ3v) is 6.69. The van der Waals surface area contributed by atoms with Gasteiger partial charge in [0.1, 0.15) is 0 Å². The van der Waals surface area contributed by atoms with Gasteiger partial charge in [0.05, 0.1) is 11.0 Å². The predicted molar refractivity (Wildman–Crippen MR) is 137 cm³/mol. The molecule has 0 saturated heterocycles. The summed E-state index contributed by atoms with van der Waals surface area (Å²) in [7, 11) is 1.88. The lowest BCUT2D eigenvalue weighted by molar-refractivity contribution is -0.118. The average Bonchev–Trinajstić information content (AvgIpc) is 3.18. The highest BCUT2D eigenvalue weighted by molar-refractivity contribution is 6.30. The summed E-state index contributed by atoms with van der Waals surface area (Å²) in [5.41, 5.74) is 8.91. The van der Waals surface area contributed by atoms with Gasteiger partial charge in [-0.15, -0.1) is 0 Å². The van der Waals surface area contributed by atoms with Crippen LogP contribution in [0, 0.1) is 0 Å². The Balaban J connectivity index is 1.64. The Hall–Kier alpha value is -3.32. The van der Waals surface area contributed by atoms with Gasteiger partial charge in [-0.05, 0) is 48.7 Å². The second-order valence-corrected chi connectivity index (χ2v) is 9.27. The number of nitrogens with zero attached hydrogens (tertiary/aromatic N) is 3. The maximum Gasteiger partial charge on any atom is 0.253 e. The first-order valence-corrected chi connectivity index (χ1v) is 12.0. The minimum absolute atomic E-state index is 0.00154. The largest absolute Gasteiger partial charge is 0.370 e. The lowest BCUT2D eigenvalue weighted by Gasteiger charge is -2.31. The molecule has 1 aliphatic carbocycles. The SMILES string of the molecule is C=C(Nc1nc2cc(C(=O)N(C)C3CCCCC3)ccc2n1CCC(N)=O)c1cccc(Cl)c1. The number of primary amides is 1. The number of carbonyl (C=O) groups excluding carboxylic acids is 2. The number of halogens is 1. The van der Waals surface area contributed by atoms with Crippen molar-refractivity contribution in [1.82, 2.24) is 14.5 Å². The molecule has 7 nitrogen and oxygen atoms in total. The number of benzene rings is 2. The van der Waals surface area contributed by atoms with Crippen LogP contribution in [0.3, 0.4) is 0 Å². The molecular weight excluding hydrogens is 450 g/mol. The smallest absolute Gasteiger partial charge is 0.253 e. The van der Waals surface area contributed by atoms with Crippen molar-refractivity contribution in [3.8, 4) is 0 Å². The van der Waals surface area contributed by atoms with Crippen molar-refractivity contribution < 1.29 is 9.59 Å². The molecule has 0 atom stereocenters. The number of aromatic nitrogens is 2. The van der Waals surface area contributed by atoms with E-state index in [4.69, 9.17) is 22.3 Å². The van der Waals surface area contributed by atoms with E-state index >= 15 is 0 Å². The topological polar surface area (TPSA) is 93.2 Å². The number of nitrogens with two attached hydrogens (primary N) is 1. The van der Waals surface area contributed by atoms with E-state index in [9.17, 15) is 9.59 Å². The number of amides is 2. The minimum Gasteiger partial charge on any atom is -0.370 e. The van der Waals surface area contributed by atoms with Gasteiger partial charge in [0.2, 0.25) is 11.9 Å². The first-order chi connectivity index (χ1) is 16.3. The summed E-state index contributed by atoms with van der Waals surface area (Å²) >= 11 is 6.12. The maximum atomic E-state index is 13.2. The number of hydrogen-bond acceptors (Lipinski definition) is 4. The fourth-order valence-corrected chi connectivity index (χ4v) is 4.72. The van der Waals surface area contributed by atoms with Gasteiger partial charge in [0.25, 0.3) is 5.91 Å². The molecule has 4 rings (SSSR count). The summed E-state index contributed by atoms with van der Waals surface area (Å²) in [4.78, 5) is 31.2. The van der Waals surface area contributed by atoms with Gasteiger partial charge in [0.15, 0.2) is 0 Å². The van der Waals surface area contributed by atoms with Crippen LogP contribution >= 0.6 is 11.6 Å². The van der Waals surface area contributed by atoms with Crippen LogP contribution in [0.2, 0.25) is 5.02 Å². The summed E-state index contributed by atoms with van der Waals surface area (Å²) < 4.78 is 1.88. The quantitative estimate of drug-likeness (QED) is 0.472. The zero-order valence-electron chi connectivity index (χ0n) is 19.4. The Labute approximate surface area is 204 Å². The lowest BCUT2D eigenvalue weighted by Crippen LogP contribution is -2.38. The fraction of sp³-hybridized carbons (Fsp3) is 0.346. The van der Waals surface area contributed by atoms with Crippen LogP contribution in [0.1, 0.15) is 54.4 Å². The van der Waals surface area contributed by atoms with Crippen molar-refractivity contribution in [3.05, 3.63) is 65.2 Å². The number of rotatable bonds is 8. The van der Waals surface area contributed by atoms with Gasteiger partial charge in [-0.25, -0.2) is 4.98 Å². The summed E-state index contributed by atoms with van der Waals surface area (Å²) in [5, 5.41) is 3.85. The Kier molecular flexibility index (Phi) is 7.22. The zero-order valence-corrected chi connectivity index (χ0v) is 20.1. The van der Waals surface area contributed by atoms with Crippen molar-refractivity contribution in [3.63, 3.8) is 0 Å². The van der Waals surface area contributed by atoms with E-state index in [-0.39, 0.29) is 18.4 Å². The van der Waals surface area contributed by atoms with Crippen LogP contribution in [-0.2, 0) is 11.3 Å². The minimum atomic E-state index is -0.401.